The molecule has 6 nitrogen and oxygen atoms in total. The van der Waals surface area contributed by atoms with Crippen LogP contribution in [0, 0.1) is 6.92 Å². The van der Waals surface area contributed by atoms with Crippen LogP contribution < -0.4 is 16.0 Å². The summed E-state index contributed by atoms with van der Waals surface area (Å²) in [6, 6.07) is 14.4. The molecule has 3 N–H and O–H groups in total. The molecule has 0 saturated heterocycles. The molecule has 2 aromatic carbocycles. The molecular weight excluding hydrogens is 318 g/mol. The number of aryl methyl sites for hydroxylation is 1. The first kappa shape index (κ1) is 18.2. The third-order valence-electron chi connectivity index (χ3n) is 3.56. The molecule has 0 unspecified atom stereocenters. The van der Waals surface area contributed by atoms with Crippen molar-refractivity contribution in [3.05, 3.63) is 65.2 Å². The van der Waals surface area contributed by atoms with Crippen LogP contribution >= 0.6 is 0 Å². The third kappa shape index (κ3) is 5.76. The summed E-state index contributed by atoms with van der Waals surface area (Å²) in [6.07, 6.45) is 0. The molecule has 0 aliphatic rings. The number of carbonyl (C=O) groups excluding carboxylic acids is 3. The number of carbonyl (C=O) groups is 3. The molecule has 6 heteroatoms. The van der Waals surface area contributed by atoms with Gasteiger partial charge in [-0.2, -0.15) is 0 Å². The average molecular weight is 339 g/mol. The fourth-order valence-corrected chi connectivity index (χ4v) is 2.26. The van der Waals surface area contributed by atoms with E-state index in [9.17, 15) is 14.4 Å². The van der Waals surface area contributed by atoms with Crippen molar-refractivity contribution < 1.29 is 14.4 Å². The number of hydrogen-bond donors (Lipinski definition) is 3. The number of rotatable bonds is 6. The zero-order valence-corrected chi connectivity index (χ0v) is 14.3. The van der Waals surface area contributed by atoms with Crippen LogP contribution in [0.15, 0.2) is 48.5 Å². The van der Waals surface area contributed by atoms with E-state index in [1.54, 1.807) is 24.3 Å². The van der Waals surface area contributed by atoms with Crippen molar-refractivity contribution in [3.63, 3.8) is 0 Å². The number of benzene rings is 2. The van der Waals surface area contributed by atoms with E-state index < -0.39 is 0 Å². The lowest BCUT2D eigenvalue weighted by molar-refractivity contribution is -0.120. The van der Waals surface area contributed by atoms with Gasteiger partial charge in [-0.25, -0.2) is 0 Å². The Morgan fingerprint density at radius 1 is 0.920 bits per heavy atom. The normalized spacial score (nSPS) is 10.0. The number of anilines is 1. The van der Waals surface area contributed by atoms with Gasteiger partial charge in [0.2, 0.25) is 11.8 Å². The molecule has 0 spiro atoms. The zero-order valence-electron chi connectivity index (χ0n) is 14.3. The van der Waals surface area contributed by atoms with E-state index in [0.29, 0.717) is 17.8 Å². The fourth-order valence-electron chi connectivity index (χ4n) is 2.26. The lowest BCUT2D eigenvalue weighted by atomic mass is 10.1. The van der Waals surface area contributed by atoms with Crippen molar-refractivity contribution in [3.8, 4) is 0 Å². The van der Waals surface area contributed by atoms with Crippen LogP contribution in [-0.2, 0) is 16.1 Å². The highest BCUT2D eigenvalue weighted by Gasteiger charge is 2.09. The standard InChI is InChI=1S/C19H21N3O3/c1-13-5-3-4-6-17(13)19(25)21-12-18(24)20-11-15-7-9-16(10-8-15)22-14(2)23/h3-10H,11-12H2,1-2H3,(H,20,24)(H,21,25)(H,22,23). The van der Waals surface area contributed by atoms with Gasteiger partial charge in [0.25, 0.3) is 5.91 Å². The van der Waals surface area contributed by atoms with Crippen LogP contribution in [0.1, 0.15) is 28.4 Å². The van der Waals surface area contributed by atoms with Gasteiger partial charge in [0.05, 0.1) is 6.54 Å². The molecule has 130 valence electrons. The maximum atomic E-state index is 12.0. The molecule has 0 heterocycles. The van der Waals surface area contributed by atoms with E-state index >= 15 is 0 Å². The lowest BCUT2D eigenvalue weighted by Crippen LogP contribution is -2.36. The van der Waals surface area contributed by atoms with Gasteiger partial charge in [-0.05, 0) is 36.2 Å². The predicted octanol–water partition coefficient (Wildman–Crippen LogP) is 2.00. The number of nitrogens with one attached hydrogen (secondary N) is 3. The minimum Gasteiger partial charge on any atom is -0.350 e. The average Bonchev–Trinajstić information content (AvgIpc) is 2.59. The van der Waals surface area contributed by atoms with Gasteiger partial charge in [-0.3, -0.25) is 14.4 Å². The summed E-state index contributed by atoms with van der Waals surface area (Å²) in [7, 11) is 0. The summed E-state index contributed by atoms with van der Waals surface area (Å²) >= 11 is 0. The summed E-state index contributed by atoms with van der Waals surface area (Å²) in [5, 5.41) is 8.02. The Labute approximate surface area is 146 Å². The minimum atomic E-state index is -0.270. The van der Waals surface area contributed by atoms with E-state index in [1.807, 2.05) is 31.2 Å². The molecule has 0 aromatic heterocycles. The molecule has 0 aliphatic carbocycles. The highest BCUT2D eigenvalue weighted by atomic mass is 16.2. The van der Waals surface area contributed by atoms with Gasteiger partial charge in [-0.1, -0.05) is 30.3 Å². The van der Waals surface area contributed by atoms with E-state index in [-0.39, 0.29) is 24.3 Å². The molecule has 3 amide bonds. The number of hydrogen-bond acceptors (Lipinski definition) is 3. The highest BCUT2D eigenvalue weighted by molar-refractivity contribution is 5.97. The molecule has 2 rings (SSSR count). The zero-order chi connectivity index (χ0) is 18.2. The van der Waals surface area contributed by atoms with E-state index in [0.717, 1.165) is 11.1 Å². The van der Waals surface area contributed by atoms with E-state index in [2.05, 4.69) is 16.0 Å². The SMILES string of the molecule is CC(=O)Nc1ccc(CNC(=O)CNC(=O)c2ccccc2C)cc1. The van der Waals surface area contributed by atoms with Crippen molar-refractivity contribution >= 4 is 23.4 Å². The molecular formula is C19H21N3O3. The Balaban J connectivity index is 1.78. The Morgan fingerprint density at radius 2 is 1.60 bits per heavy atom. The van der Waals surface area contributed by atoms with Crippen LogP contribution in [0.5, 0.6) is 0 Å². The minimum absolute atomic E-state index is 0.0862. The van der Waals surface area contributed by atoms with Crippen molar-refractivity contribution in [1.29, 1.82) is 0 Å². The predicted molar refractivity (Wildman–Crippen MR) is 96.1 cm³/mol. The van der Waals surface area contributed by atoms with Crippen molar-refractivity contribution in [2.45, 2.75) is 20.4 Å². The first-order valence-electron chi connectivity index (χ1n) is 7.93. The molecule has 0 bridgehead atoms. The van der Waals surface area contributed by atoms with Crippen molar-refractivity contribution in [1.82, 2.24) is 10.6 Å². The maximum absolute atomic E-state index is 12.0. The molecule has 2 aromatic rings. The summed E-state index contributed by atoms with van der Waals surface area (Å²) in [6.45, 7) is 3.55. The summed E-state index contributed by atoms with van der Waals surface area (Å²) in [5.74, 6) is -0.675. The highest BCUT2D eigenvalue weighted by Crippen LogP contribution is 2.09. The third-order valence-corrected chi connectivity index (χ3v) is 3.56. The van der Waals surface area contributed by atoms with Crippen molar-refractivity contribution in [2.75, 3.05) is 11.9 Å². The van der Waals surface area contributed by atoms with Gasteiger partial charge in [0.1, 0.15) is 0 Å². The largest absolute Gasteiger partial charge is 0.350 e. The molecule has 0 fully saturated rings. The van der Waals surface area contributed by atoms with Crippen LogP contribution in [0.3, 0.4) is 0 Å². The second kappa shape index (κ2) is 8.63. The topological polar surface area (TPSA) is 87.3 Å². The van der Waals surface area contributed by atoms with Gasteiger partial charge in [0, 0.05) is 24.7 Å². The second-order valence-corrected chi connectivity index (χ2v) is 5.65. The van der Waals surface area contributed by atoms with Crippen LogP contribution in [0.4, 0.5) is 5.69 Å². The summed E-state index contributed by atoms with van der Waals surface area (Å²) < 4.78 is 0. The number of amides is 3. The Morgan fingerprint density at radius 3 is 2.24 bits per heavy atom. The Kier molecular flexibility index (Phi) is 6.28. The van der Waals surface area contributed by atoms with Gasteiger partial charge >= 0.3 is 0 Å². The Bertz CT molecular complexity index is 770. The quantitative estimate of drug-likeness (QED) is 0.752. The molecule has 0 atom stereocenters. The lowest BCUT2D eigenvalue weighted by Gasteiger charge is -2.09. The molecule has 25 heavy (non-hydrogen) atoms. The van der Waals surface area contributed by atoms with E-state index in [1.165, 1.54) is 6.92 Å². The van der Waals surface area contributed by atoms with Gasteiger partial charge < -0.3 is 16.0 Å². The second-order valence-electron chi connectivity index (χ2n) is 5.65. The monoisotopic (exact) mass is 339 g/mol. The molecule has 0 aliphatic heterocycles. The first-order chi connectivity index (χ1) is 12.0. The summed E-state index contributed by atoms with van der Waals surface area (Å²) in [4.78, 5) is 34.9. The van der Waals surface area contributed by atoms with Gasteiger partial charge in [0.15, 0.2) is 0 Å². The van der Waals surface area contributed by atoms with Crippen LogP contribution in [-0.4, -0.2) is 24.3 Å². The maximum Gasteiger partial charge on any atom is 0.251 e. The Hall–Kier alpha value is -3.15. The van der Waals surface area contributed by atoms with Crippen LogP contribution in [0.25, 0.3) is 0 Å². The first-order valence-corrected chi connectivity index (χ1v) is 7.93. The molecule has 0 saturated carbocycles. The van der Waals surface area contributed by atoms with Gasteiger partial charge in [-0.15, -0.1) is 0 Å². The fraction of sp³-hybridized carbons (Fsp3) is 0.211. The summed E-state index contributed by atoms with van der Waals surface area (Å²) in [5.41, 5.74) is 3.02. The molecule has 0 radical (unpaired) electrons. The smallest absolute Gasteiger partial charge is 0.251 e. The van der Waals surface area contributed by atoms with Crippen LogP contribution in [0.2, 0.25) is 0 Å². The van der Waals surface area contributed by atoms with Crippen molar-refractivity contribution in [2.24, 2.45) is 0 Å². The van der Waals surface area contributed by atoms with E-state index in [4.69, 9.17) is 0 Å².